The van der Waals surface area contributed by atoms with Crippen LogP contribution in [-0.4, -0.2) is 22.6 Å². The van der Waals surface area contributed by atoms with Gasteiger partial charge in [-0.3, -0.25) is 9.59 Å². The minimum atomic E-state index is -0.141. The third kappa shape index (κ3) is 3.96. The lowest BCUT2D eigenvalue weighted by molar-refractivity contribution is -0.120. The zero-order valence-corrected chi connectivity index (χ0v) is 14.6. The van der Waals surface area contributed by atoms with Crippen LogP contribution in [0.4, 0.5) is 0 Å². The summed E-state index contributed by atoms with van der Waals surface area (Å²) in [6, 6.07) is 7.70. The van der Waals surface area contributed by atoms with Gasteiger partial charge in [0.2, 0.25) is 5.91 Å². The van der Waals surface area contributed by atoms with Gasteiger partial charge in [0.15, 0.2) is 0 Å². The first-order valence-electron chi connectivity index (χ1n) is 8.24. The maximum Gasteiger partial charge on any atom is 0.251 e. The normalized spacial score (nSPS) is 11.0. The van der Waals surface area contributed by atoms with Gasteiger partial charge in [0, 0.05) is 29.1 Å². The Balaban J connectivity index is 1.66. The standard InChI is InChI=1S/C19H21N3O3/c1-11-6-12(2)16-9-14(19(24)21-17(16)7-11)4-5-20-18(23)10-15-8-13(3)25-22-15/h6-9H,4-5,10H2,1-3H3,(H,20,23)(H,21,24). The molecule has 0 aliphatic rings. The van der Waals surface area contributed by atoms with Crippen LogP contribution in [0.2, 0.25) is 0 Å². The van der Waals surface area contributed by atoms with Crippen molar-refractivity contribution < 1.29 is 9.32 Å². The summed E-state index contributed by atoms with van der Waals surface area (Å²) in [6.45, 7) is 6.21. The summed E-state index contributed by atoms with van der Waals surface area (Å²) in [7, 11) is 0. The van der Waals surface area contributed by atoms with Crippen LogP contribution >= 0.6 is 0 Å². The number of aryl methyl sites for hydroxylation is 3. The van der Waals surface area contributed by atoms with Crippen LogP contribution in [-0.2, 0) is 17.6 Å². The van der Waals surface area contributed by atoms with Gasteiger partial charge >= 0.3 is 0 Å². The lowest BCUT2D eigenvalue weighted by Gasteiger charge is -2.08. The largest absolute Gasteiger partial charge is 0.361 e. The van der Waals surface area contributed by atoms with Gasteiger partial charge in [-0.2, -0.15) is 0 Å². The van der Waals surface area contributed by atoms with Crippen molar-refractivity contribution >= 4 is 16.8 Å². The van der Waals surface area contributed by atoms with E-state index < -0.39 is 0 Å². The van der Waals surface area contributed by atoms with Crippen molar-refractivity contribution in [2.45, 2.75) is 33.6 Å². The van der Waals surface area contributed by atoms with E-state index in [1.807, 2.05) is 26.0 Å². The fourth-order valence-electron chi connectivity index (χ4n) is 2.97. The molecule has 2 aromatic heterocycles. The molecule has 0 radical (unpaired) electrons. The van der Waals surface area contributed by atoms with E-state index in [9.17, 15) is 9.59 Å². The first-order valence-corrected chi connectivity index (χ1v) is 8.24. The number of carbonyl (C=O) groups is 1. The number of aromatic nitrogens is 2. The number of hydrogen-bond donors (Lipinski definition) is 2. The summed E-state index contributed by atoms with van der Waals surface area (Å²) in [4.78, 5) is 27.1. The molecular formula is C19H21N3O3. The van der Waals surface area contributed by atoms with Crippen molar-refractivity contribution in [2.24, 2.45) is 0 Å². The number of H-pyrrole nitrogens is 1. The summed E-state index contributed by atoms with van der Waals surface area (Å²) in [5.41, 5.74) is 4.24. The molecule has 3 rings (SSSR count). The van der Waals surface area contributed by atoms with Gasteiger partial charge in [-0.1, -0.05) is 11.2 Å². The van der Waals surface area contributed by atoms with Gasteiger partial charge in [-0.05, 0) is 50.5 Å². The fourth-order valence-corrected chi connectivity index (χ4v) is 2.97. The number of amides is 1. The smallest absolute Gasteiger partial charge is 0.251 e. The molecule has 6 nitrogen and oxygen atoms in total. The van der Waals surface area contributed by atoms with E-state index in [0.29, 0.717) is 30.0 Å². The van der Waals surface area contributed by atoms with Gasteiger partial charge in [-0.15, -0.1) is 0 Å². The molecule has 0 atom stereocenters. The topological polar surface area (TPSA) is 88.0 Å². The second-order valence-corrected chi connectivity index (χ2v) is 6.37. The summed E-state index contributed by atoms with van der Waals surface area (Å²) in [5.74, 6) is 0.536. The van der Waals surface area contributed by atoms with Gasteiger partial charge in [0.05, 0.1) is 12.1 Å². The third-order valence-corrected chi connectivity index (χ3v) is 4.12. The van der Waals surface area contributed by atoms with Gasteiger partial charge in [-0.25, -0.2) is 0 Å². The Morgan fingerprint density at radius 1 is 1.20 bits per heavy atom. The van der Waals surface area contributed by atoms with Crippen molar-refractivity contribution in [3.8, 4) is 0 Å². The molecule has 0 saturated heterocycles. The predicted octanol–water partition coefficient (Wildman–Crippen LogP) is 2.34. The van der Waals surface area contributed by atoms with Crippen LogP contribution in [0.15, 0.2) is 33.6 Å². The van der Waals surface area contributed by atoms with E-state index in [2.05, 4.69) is 21.5 Å². The molecule has 6 heteroatoms. The molecule has 0 bridgehead atoms. The van der Waals surface area contributed by atoms with Crippen LogP contribution in [0.25, 0.3) is 10.9 Å². The molecule has 130 valence electrons. The number of nitrogens with one attached hydrogen (secondary N) is 2. The minimum Gasteiger partial charge on any atom is -0.361 e. The molecule has 2 heterocycles. The second-order valence-electron chi connectivity index (χ2n) is 6.37. The first kappa shape index (κ1) is 17.0. The molecule has 0 aliphatic heterocycles. The lowest BCUT2D eigenvalue weighted by atomic mass is 10.0. The third-order valence-electron chi connectivity index (χ3n) is 4.12. The Hall–Kier alpha value is -2.89. The van der Waals surface area contributed by atoms with Crippen molar-refractivity contribution in [3.05, 3.63) is 62.8 Å². The predicted molar refractivity (Wildman–Crippen MR) is 95.7 cm³/mol. The number of nitrogens with zero attached hydrogens (tertiary/aromatic N) is 1. The first-order chi connectivity index (χ1) is 11.9. The Bertz CT molecular complexity index is 985. The van der Waals surface area contributed by atoms with E-state index >= 15 is 0 Å². The molecule has 0 spiro atoms. The quantitative estimate of drug-likeness (QED) is 0.747. The van der Waals surface area contributed by atoms with Crippen LogP contribution < -0.4 is 10.9 Å². The monoisotopic (exact) mass is 339 g/mol. The van der Waals surface area contributed by atoms with E-state index in [-0.39, 0.29) is 17.9 Å². The molecule has 1 amide bonds. The Morgan fingerprint density at radius 2 is 2.00 bits per heavy atom. The molecule has 0 unspecified atom stereocenters. The van der Waals surface area contributed by atoms with E-state index in [0.717, 1.165) is 22.0 Å². The average molecular weight is 339 g/mol. The number of rotatable bonds is 5. The van der Waals surface area contributed by atoms with Crippen LogP contribution in [0, 0.1) is 20.8 Å². The number of fused-ring (bicyclic) bond motifs is 1. The molecule has 25 heavy (non-hydrogen) atoms. The maximum absolute atomic E-state index is 12.2. The highest BCUT2D eigenvalue weighted by Crippen LogP contribution is 2.18. The molecule has 0 aliphatic carbocycles. The van der Waals surface area contributed by atoms with Crippen molar-refractivity contribution in [1.82, 2.24) is 15.5 Å². The summed E-state index contributed by atoms with van der Waals surface area (Å²) in [5, 5.41) is 7.64. The van der Waals surface area contributed by atoms with Crippen LogP contribution in [0.5, 0.6) is 0 Å². The minimum absolute atomic E-state index is 0.112. The second kappa shape index (κ2) is 6.93. The number of aromatic amines is 1. The van der Waals surface area contributed by atoms with Gasteiger partial charge in [0.25, 0.3) is 5.56 Å². The Labute approximate surface area is 145 Å². The highest BCUT2D eigenvalue weighted by molar-refractivity contribution is 5.83. The molecule has 1 aromatic carbocycles. The Kier molecular flexibility index (Phi) is 4.70. The molecule has 3 aromatic rings. The highest BCUT2D eigenvalue weighted by atomic mass is 16.5. The zero-order chi connectivity index (χ0) is 18.0. The number of benzene rings is 1. The van der Waals surface area contributed by atoms with Crippen LogP contribution in [0.3, 0.4) is 0 Å². The Morgan fingerprint density at radius 3 is 2.72 bits per heavy atom. The van der Waals surface area contributed by atoms with Crippen molar-refractivity contribution in [3.63, 3.8) is 0 Å². The van der Waals surface area contributed by atoms with E-state index in [4.69, 9.17) is 4.52 Å². The van der Waals surface area contributed by atoms with Crippen LogP contribution in [0.1, 0.15) is 28.1 Å². The summed E-state index contributed by atoms with van der Waals surface area (Å²) >= 11 is 0. The lowest BCUT2D eigenvalue weighted by Crippen LogP contribution is -2.28. The number of hydrogen-bond acceptors (Lipinski definition) is 4. The van der Waals surface area contributed by atoms with Crippen molar-refractivity contribution in [1.29, 1.82) is 0 Å². The van der Waals surface area contributed by atoms with E-state index in [1.54, 1.807) is 13.0 Å². The fraction of sp³-hybridized carbons (Fsp3) is 0.316. The van der Waals surface area contributed by atoms with Gasteiger partial charge in [0.1, 0.15) is 5.76 Å². The molecular weight excluding hydrogens is 318 g/mol. The summed E-state index contributed by atoms with van der Waals surface area (Å²) < 4.78 is 4.94. The zero-order valence-electron chi connectivity index (χ0n) is 14.6. The van der Waals surface area contributed by atoms with Gasteiger partial charge < -0.3 is 14.8 Å². The molecule has 2 N–H and O–H groups in total. The summed E-state index contributed by atoms with van der Waals surface area (Å²) in [6.07, 6.45) is 0.645. The van der Waals surface area contributed by atoms with Crippen molar-refractivity contribution in [2.75, 3.05) is 6.54 Å². The maximum atomic E-state index is 12.2. The SMILES string of the molecule is Cc1cc(C)c2cc(CCNC(=O)Cc3cc(C)on3)c(=O)[nH]c2c1. The highest BCUT2D eigenvalue weighted by Gasteiger charge is 2.09. The number of carbonyl (C=O) groups excluding carboxylic acids is 1. The number of pyridine rings is 1. The van der Waals surface area contributed by atoms with E-state index in [1.165, 1.54) is 0 Å². The molecule has 0 saturated carbocycles. The average Bonchev–Trinajstić information content (AvgIpc) is 2.93. The molecule has 0 fully saturated rings.